The van der Waals surface area contributed by atoms with Gasteiger partial charge in [-0.3, -0.25) is 4.90 Å². The first-order chi connectivity index (χ1) is 8.08. The van der Waals surface area contributed by atoms with E-state index in [1.807, 2.05) is 11.9 Å². The molecule has 0 fully saturated rings. The van der Waals surface area contributed by atoms with E-state index in [1.54, 1.807) is 7.11 Å². The molecule has 1 aromatic carbocycles. The summed E-state index contributed by atoms with van der Waals surface area (Å²) < 4.78 is 5.29. The zero-order valence-electron chi connectivity index (χ0n) is 11.1. The van der Waals surface area contributed by atoms with Crippen LogP contribution in [0.3, 0.4) is 0 Å². The minimum atomic E-state index is 0.480. The Morgan fingerprint density at radius 1 is 1.29 bits per heavy atom. The SMILES string of the molecule is COc1cc(C)c(CCN(C)CC#N)cc1C. The molecule has 0 bridgehead atoms. The maximum absolute atomic E-state index is 8.59. The minimum absolute atomic E-state index is 0.480. The molecule has 0 aromatic heterocycles. The zero-order chi connectivity index (χ0) is 12.8. The summed E-state index contributed by atoms with van der Waals surface area (Å²) in [6.07, 6.45) is 0.967. The maximum Gasteiger partial charge on any atom is 0.122 e. The molecule has 0 unspecified atom stereocenters. The van der Waals surface area contributed by atoms with Gasteiger partial charge in [-0.1, -0.05) is 6.07 Å². The summed E-state index contributed by atoms with van der Waals surface area (Å²) in [6.45, 7) is 5.54. The standard InChI is InChI=1S/C14H20N2O/c1-11-10-14(17-4)12(2)9-13(11)5-7-16(3)8-6-15/h9-10H,5,7-8H2,1-4H3. The average molecular weight is 232 g/mol. The van der Waals surface area contributed by atoms with Gasteiger partial charge in [0, 0.05) is 6.54 Å². The molecule has 1 aromatic rings. The Balaban J connectivity index is 2.72. The van der Waals surface area contributed by atoms with Gasteiger partial charge < -0.3 is 4.74 Å². The summed E-state index contributed by atoms with van der Waals surface area (Å²) in [5, 5.41) is 8.59. The van der Waals surface area contributed by atoms with Gasteiger partial charge in [-0.15, -0.1) is 0 Å². The topological polar surface area (TPSA) is 36.3 Å². The van der Waals surface area contributed by atoms with Crippen molar-refractivity contribution in [2.75, 3.05) is 27.2 Å². The normalized spacial score (nSPS) is 10.4. The van der Waals surface area contributed by atoms with E-state index < -0.39 is 0 Å². The molecule has 17 heavy (non-hydrogen) atoms. The number of aryl methyl sites for hydroxylation is 2. The predicted molar refractivity (Wildman–Crippen MR) is 69.3 cm³/mol. The second-order valence-corrected chi connectivity index (χ2v) is 4.39. The van der Waals surface area contributed by atoms with Crippen LogP contribution >= 0.6 is 0 Å². The number of nitrogens with zero attached hydrogens (tertiary/aromatic N) is 2. The molecule has 0 N–H and O–H groups in total. The molecule has 1 rings (SSSR count). The van der Waals surface area contributed by atoms with Gasteiger partial charge in [0.15, 0.2) is 0 Å². The van der Waals surface area contributed by atoms with Crippen LogP contribution in [0, 0.1) is 25.2 Å². The van der Waals surface area contributed by atoms with Gasteiger partial charge in [0.25, 0.3) is 0 Å². The summed E-state index contributed by atoms with van der Waals surface area (Å²) >= 11 is 0. The van der Waals surface area contributed by atoms with Gasteiger partial charge in [-0.25, -0.2) is 0 Å². The van der Waals surface area contributed by atoms with E-state index in [9.17, 15) is 0 Å². The Kier molecular flexibility index (Phi) is 4.99. The molecular formula is C14H20N2O. The third-order valence-corrected chi connectivity index (χ3v) is 2.96. The summed E-state index contributed by atoms with van der Waals surface area (Å²) in [4.78, 5) is 2.03. The number of nitriles is 1. The highest BCUT2D eigenvalue weighted by Gasteiger charge is 2.06. The fourth-order valence-corrected chi connectivity index (χ4v) is 1.85. The summed E-state index contributed by atoms with van der Waals surface area (Å²) in [6, 6.07) is 6.41. The number of methoxy groups -OCH3 is 1. The van der Waals surface area contributed by atoms with E-state index in [0.29, 0.717) is 6.54 Å². The summed E-state index contributed by atoms with van der Waals surface area (Å²) in [5.41, 5.74) is 3.74. The highest BCUT2D eigenvalue weighted by Crippen LogP contribution is 2.22. The molecule has 0 spiro atoms. The van der Waals surface area contributed by atoms with Crippen LogP contribution in [-0.4, -0.2) is 32.1 Å². The number of hydrogen-bond donors (Lipinski definition) is 0. The van der Waals surface area contributed by atoms with Gasteiger partial charge in [-0.05, 0) is 50.1 Å². The zero-order valence-corrected chi connectivity index (χ0v) is 11.1. The van der Waals surface area contributed by atoms with Crippen LogP contribution in [-0.2, 0) is 6.42 Å². The molecule has 0 saturated carbocycles. The highest BCUT2D eigenvalue weighted by molar-refractivity contribution is 5.41. The van der Waals surface area contributed by atoms with Crippen molar-refractivity contribution in [3.8, 4) is 11.8 Å². The van der Waals surface area contributed by atoms with Crippen LogP contribution in [0.25, 0.3) is 0 Å². The molecule has 3 heteroatoms. The third-order valence-electron chi connectivity index (χ3n) is 2.96. The van der Waals surface area contributed by atoms with Crippen molar-refractivity contribution in [1.29, 1.82) is 5.26 Å². The Labute approximate surface area is 104 Å². The molecule has 0 aliphatic heterocycles. The molecule has 3 nitrogen and oxygen atoms in total. The number of benzene rings is 1. The Bertz CT molecular complexity index is 421. The molecular weight excluding hydrogens is 212 g/mol. The van der Waals surface area contributed by atoms with E-state index in [2.05, 4.69) is 32.0 Å². The van der Waals surface area contributed by atoms with Crippen molar-refractivity contribution >= 4 is 0 Å². The Hall–Kier alpha value is -1.53. The van der Waals surface area contributed by atoms with Crippen molar-refractivity contribution in [3.05, 3.63) is 28.8 Å². The first-order valence-corrected chi connectivity index (χ1v) is 5.78. The van der Waals surface area contributed by atoms with Crippen molar-refractivity contribution in [2.45, 2.75) is 20.3 Å². The second kappa shape index (κ2) is 6.27. The molecule has 0 atom stereocenters. The van der Waals surface area contributed by atoms with E-state index in [-0.39, 0.29) is 0 Å². The largest absolute Gasteiger partial charge is 0.496 e. The smallest absolute Gasteiger partial charge is 0.122 e. The quantitative estimate of drug-likeness (QED) is 0.731. The lowest BCUT2D eigenvalue weighted by atomic mass is 10.0. The molecule has 0 heterocycles. The predicted octanol–water partition coefficient (Wildman–Crippen LogP) is 2.31. The minimum Gasteiger partial charge on any atom is -0.496 e. The van der Waals surface area contributed by atoms with E-state index in [0.717, 1.165) is 24.3 Å². The summed E-state index contributed by atoms with van der Waals surface area (Å²) in [7, 11) is 3.66. The van der Waals surface area contributed by atoms with Gasteiger partial charge in [0.1, 0.15) is 5.75 Å². The van der Waals surface area contributed by atoms with Crippen LogP contribution < -0.4 is 4.74 Å². The van der Waals surface area contributed by atoms with Crippen molar-refractivity contribution in [1.82, 2.24) is 4.90 Å². The third kappa shape index (κ3) is 3.76. The van der Waals surface area contributed by atoms with E-state index in [4.69, 9.17) is 10.00 Å². The first kappa shape index (κ1) is 13.5. The van der Waals surface area contributed by atoms with Crippen LogP contribution in [0.1, 0.15) is 16.7 Å². The highest BCUT2D eigenvalue weighted by atomic mass is 16.5. The number of likely N-dealkylation sites (N-methyl/N-ethyl adjacent to an activating group) is 1. The lowest BCUT2D eigenvalue weighted by Crippen LogP contribution is -2.21. The lowest BCUT2D eigenvalue weighted by Gasteiger charge is -2.15. The van der Waals surface area contributed by atoms with Gasteiger partial charge in [-0.2, -0.15) is 5.26 Å². The van der Waals surface area contributed by atoms with Crippen LogP contribution in [0.5, 0.6) is 5.75 Å². The van der Waals surface area contributed by atoms with E-state index >= 15 is 0 Å². The van der Waals surface area contributed by atoms with E-state index in [1.165, 1.54) is 11.1 Å². The van der Waals surface area contributed by atoms with Crippen LogP contribution in [0.2, 0.25) is 0 Å². The lowest BCUT2D eigenvalue weighted by molar-refractivity contribution is 0.378. The molecule has 92 valence electrons. The summed E-state index contributed by atoms with van der Waals surface area (Å²) in [5.74, 6) is 0.941. The van der Waals surface area contributed by atoms with Crippen LogP contribution in [0.15, 0.2) is 12.1 Å². The van der Waals surface area contributed by atoms with Crippen molar-refractivity contribution in [3.63, 3.8) is 0 Å². The van der Waals surface area contributed by atoms with Crippen LogP contribution in [0.4, 0.5) is 0 Å². The van der Waals surface area contributed by atoms with Gasteiger partial charge in [0.2, 0.25) is 0 Å². The molecule has 0 radical (unpaired) electrons. The number of rotatable bonds is 5. The van der Waals surface area contributed by atoms with Crippen molar-refractivity contribution in [2.24, 2.45) is 0 Å². The average Bonchev–Trinajstić information content (AvgIpc) is 2.30. The van der Waals surface area contributed by atoms with Gasteiger partial charge in [0.05, 0.1) is 19.7 Å². The molecule has 0 aliphatic carbocycles. The molecule has 0 saturated heterocycles. The number of ether oxygens (including phenoxy) is 1. The number of hydrogen-bond acceptors (Lipinski definition) is 3. The second-order valence-electron chi connectivity index (χ2n) is 4.39. The maximum atomic E-state index is 8.59. The monoisotopic (exact) mass is 232 g/mol. The molecule has 0 amide bonds. The van der Waals surface area contributed by atoms with Crippen molar-refractivity contribution < 1.29 is 4.74 Å². The Morgan fingerprint density at radius 3 is 2.59 bits per heavy atom. The van der Waals surface area contributed by atoms with Gasteiger partial charge >= 0.3 is 0 Å². The molecule has 0 aliphatic rings. The Morgan fingerprint density at radius 2 is 2.00 bits per heavy atom. The first-order valence-electron chi connectivity index (χ1n) is 5.78. The fraction of sp³-hybridized carbons (Fsp3) is 0.500. The fourth-order valence-electron chi connectivity index (χ4n) is 1.85.